The van der Waals surface area contributed by atoms with Crippen LogP contribution in [0.2, 0.25) is 0 Å². The fourth-order valence-electron chi connectivity index (χ4n) is 1.46. The molecular weight excluding hydrogens is 216 g/mol. The minimum absolute atomic E-state index is 0.0828. The maximum Gasteiger partial charge on any atom is 0.287 e. The number of hydrogen-bond acceptors (Lipinski definition) is 3. The van der Waals surface area contributed by atoms with Crippen molar-refractivity contribution in [1.82, 2.24) is 5.32 Å². The molecule has 1 amide bonds. The highest BCUT2D eigenvalue weighted by molar-refractivity contribution is 5.92. The summed E-state index contributed by atoms with van der Waals surface area (Å²) in [5.41, 5.74) is 6.16. The van der Waals surface area contributed by atoms with Crippen molar-refractivity contribution in [3.63, 3.8) is 0 Å². The number of aryl methyl sites for hydroxylation is 1. The van der Waals surface area contributed by atoms with Crippen LogP contribution in [0.1, 0.15) is 49.1 Å². The van der Waals surface area contributed by atoms with Gasteiger partial charge in [0.1, 0.15) is 5.76 Å². The van der Waals surface area contributed by atoms with Crippen molar-refractivity contribution in [1.29, 1.82) is 0 Å². The van der Waals surface area contributed by atoms with Crippen LogP contribution in [0.5, 0.6) is 0 Å². The molecule has 0 saturated carbocycles. The summed E-state index contributed by atoms with van der Waals surface area (Å²) in [5, 5.41) is 2.79. The number of carbonyl (C=O) groups is 1. The van der Waals surface area contributed by atoms with Crippen LogP contribution in [0.25, 0.3) is 0 Å². The van der Waals surface area contributed by atoms with Gasteiger partial charge in [-0.1, -0.05) is 20.8 Å². The Kier molecular flexibility index (Phi) is 4.34. The lowest BCUT2D eigenvalue weighted by Gasteiger charge is -2.13. The van der Waals surface area contributed by atoms with E-state index in [9.17, 15) is 4.79 Å². The zero-order valence-electron chi connectivity index (χ0n) is 11.1. The first-order valence-electron chi connectivity index (χ1n) is 5.95. The van der Waals surface area contributed by atoms with Crippen molar-refractivity contribution in [3.8, 4) is 0 Å². The third-order valence-electron chi connectivity index (χ3n) is 2.53. The molecular formula is C13H22N2O2. The second-order valence-electron chi connectivity index (χ2n) is 5.27. The Morgan fingerprint density at radius 2 is 2.12 bits per heavy atom. The van der Waals surface area contributed by atoms with Crippen LogP contribution >= 0.6 is 0 Å². The Labute approximate surface area is 103 Å². The van der Waals surface area contributed by atoms with Crippen LogP contribution in [-0.2, 0) is 5.41 Å². The van der Waals surface area contributed by atoms with Crippen molar-refractivity contribution < 1.29 is 9.21 Å². The zero-order chi connectivity index (χ0) is 13.1. The Bertz CT molecular complexity index is 389. The van der Waals surface area contributed by atoms with Crippen LogP contribution in [0.3, 0.4) is 0 Å². The average molecular weight is 238 g/mol. The van der Waals surface area contributed by atoms with Gasteiger partial charge < -0.3 is 15.5 Å². The Hall–Kier alpha value is -1.29. The third-order valence-corrected chi connectivity index (χ3v) is 2.53. The smallest absolute Gasteiger partial charge is 0.287 e. The van der Waals surface area contributed by atoms with E-state index in [2.05, 4.69) is 26.1 Å². The molecule has 3 N–H and O–H groups in total. The van der Waals surface area contributed by atoms with E-state index in [1.54, 1.807) is 0 Å². The van der Waals surface area contributed by atoms with Crippen LogP contribution in [0, 0.1) is 6.92 Å². The van der Waals surface area contributed by atoms with E-state index in [1.807, 2.05) is 13.0 Å². The molecule has 0 atom stereocenters. The minimum atomic E-state index is -0.161. The SMILES string of the molecule is Cc1cc(C(C)(C)C)oc1C(=O)NCCCN. The van der Waals surface area contributed by atoms with E-state index in [-0.39, 0.29) is 11.3 Å². The summed E-state index contributed by atoms with van der Waals surface area (Å²) < 4.78 is 5.63. The summed E-state index contributed by atoms with van der Waals surface area (Å²) in [6.07, 6.45) is 0.775. The monoisotopic (exact) mass is 238 g/mol. The van der Waals surface area contributed by atoms with Gasteiger partial charge in [0, 0.05) is 17.5 Å². The number of amides is 1. The first-order valence-corrected chi connectivity index (χ1v) is 5.95. The largest absolute Gasteiger partial charge is 0.455 e. The lowest BCUT2D eigenvalue weighted by atomic mass is 9.93. The number of hydrogen-bond donors (Lipinski definition) is 2. The van der Waals surface area contributed by atoms with Crippen LogP contribution in [0.15, 0.2) is 10.5 Å². The lowest BCUT2D eigenvalue weighted by Crippen LogP contribution is -2.26. The first-order chi connectivity index (χ1) is 7.86. The van der Waals surface area contributed by atoms with Gasteiger partial charge in [0.2, 0.25) is 0 Å². The van der Waals surface area contributed by atoms with Crippen LogP contribution in [0.4, 0.5) is 0 Å². The van der Waals surface area contributed by atoms with E-state index in [0.29, 0.717) is 18.8 Å². The summed E-state index contributed by atoms with van der Waals surface area (Å²) in [6.45, 7) is 9.21. The minimum Gasteiger partial charge on any atom is -0.455 e. The maximum atomic E-state index is 11.8. The van der Waals surface area contributed by atoms with Gasteiger partial charge in [0.05, 0.1) is 0 Å². The topological polar surface area (TPSA) is 68.3 Å². The van der Waals surface area contributed by atoms with Gasteiger partial charge >= 0.3 is 0 Å². The van der Waals surface area contributed by atoms with Crippen molar-refractivity contribution in [2.24, 2.45) is 5.73 Å². The molecule has 0 aromatic carbocycles. The molecule has 0 fully saturated rings. The van der Waals surface area contributed by atoms with Crippen molar-refractivity contribution >= 4 is 5.91 Å². The van der Waals surface area contributed by atoms with Crippen LogP contribution in [-0.4, -0.2) is 19.0 Å². The molecule has 0 aliphatic heterocycles. The highest BCUT2D eigenvalue weighted by Crippen LogP contribution is 2.26. The molecule has 4 heteroatoms. The van der Waals surface area contributed by atoms with Gasteiger partial charge in [-0.2, -0.15) is 0 Å². The van der Waals surface area contributed by atoms with Gasteiger partial charge in [-0.25, -0.2) is 0 Å². The molecule has 1 aromatic heterocycles. The average Bonchev–Trinajstić information content (AvgIpc) is 2.60. The molecule has 1 aromatic rings. The fourth-order valence-corrected chi connectivity index (χ4v) is 1.46. The fraction of sp³-hybridized carbons (Fsp3) is 0.615. The summed E-state index contributed by atoms with van der Waals surface area (Å²) >= 11 is 0. The van der Waals surface area contributed by atoms with Crippen LogP contribution < -0.4 is 11.1 Å². The predicted molar refractivity (Wildman–Crippen MR) is 68.1 cm³/mol. The summed E-state index contributed by atoms with van der Waals surface area (Å²) in [5.74, 6) is 1.08. The highest BCUT2D eigenvalue weighted by Gasteiger charge is 2.22. The van der Waals surface area contributed by atoms with Crippen molar-refractivity contribution in [2.75, 3.05) is 13.1 Å². The molecule has 0 aliphatic carbocycles. The molecule has 1 heterocycles. The first kappa shape index (κ1) is 13.8. The van der Waals surface area contributed by atoms with Gasteiger partial charge in [-0.05, 0) is 26.0 Å². The van der Waals surface area contributed by atoms with E-state index in [1.165, 1.54) is 0 Å². The second kappa shape index (κ2) is 5.36. The number of rotatable bonds is 4. The summed E-state index contributed by atoms with van der Waals surface area (Å²) in [7, 11) is 0. The number of nitrogens with one attached hydrogen (secondary N) is 1. The molecule has 0 radical (unpaired) electrons. The van der Waals surface area contributed by atoms with Gasteiger partial charge in [-0.15, -0.1) is 0 Å². The second-order valence-corrected chi connectivity index (χ2v) is 5.27. The van der Waals surface area contributed by atoms with Crippen molar-refractivity contribution in [2.45, 2.75) is 39.5 Å². The molecule has 17 heavy (non-hydrogen) atoms. The highest BCUT2D eigenvalue weighted by atomic mass is 16.4. The third kappa shape index (κ3) is 3.60. The molecule has 0 aliphatic rings. The standard InChI is InChI=1S/C13H22N2O2/c1-9-8-10(13(2,3)4)17-11(9)12(16)15-7-5-6-14/h8H,5-7,14H2,1-4H3,(H,15,16). The summed E-state index contributed by atoms with van der Waals surface area (Å²) in [6, 6.07) is 1.93. The van der Waals surface area contributed by atoms with E-state index < -0.39 is 0 Å². The molecule has 4 nitrogen and oxygen atoms in total. The number of nitrogens with two attached hydrogens (primary N) is 1. The van der Waals surface area contributed by atoms with E-state index in [4.69, 9.17) is 10.2 Å². The van der Waals surface area contributed by atoms with Gasteiger partial charge in [0.15, 0.2) is 5.76 Å². The molecule has 0 saturated heterocycles. The van der Waals surface area contributed by atoms with E-state index >= 15 is 0 Å². The Morgan fingerprint density at radius 1 is 1.47 bits per heavy atom. The molecule has 96 valence electrons. The lowest BCUT2D eigenvalue weighted by molar-refractivity contribution is 0.0921. The van der Waals surface area contributed by atoms with E-state index in [0.717, 1.165) is 17.7 Å². The molecule has 1 rings (SSSR count). The van der Waals surface area contributed by atoms with Gasteiger partial charge in [0.25, 0.3) is 5.91 Å². The number of carbonyl (C=O) groups excluding carboxylic acids is 1. The zero-order valence-corrected chi connectivity index (χ0v) is 11.1. The Balaban J connectivity index is 2.77. The summed E-state index contributed by atoms with van der Waals surface area (Å²) in [4.78, 5) is 11.8. The normalized spacial score (nSPS) is 11.6. The maximum absolute atomic E-state index is 11.8. The predicted octanol–water partition coefficient (Wildman–Crippen LogP) is 1.96. The Morgan fingerprint density at radius 3 is 2.59 bits per heavy atom. The molecule has 0 bridgehead atoms. The number of furan rings is 1. The quantitative estimate of drug-likeness (QED) is 0.788. The molecule has 0 unspecified atom stereocenters. The van der Waals surface area contributed by atoms with Gasteiger partial charge in [-0.3, -0.25) is 4.79 Å². The van der Waals surface area contributed by atoms with Crippen molar-refractivity contribution in [3.05, 3.63) is 23.2 Å². The molecule has 0 spiro atoms.